The van der Waals surface area contributed by atoms with Crippen LogP contribution in [0.25, 0.3) is 0 Å². The standard InChI is InChI=1S/C10H16O3/c1-7(10(12)13)6-8-4-2-3-5-9(8)11/h8-9,11H,1-6H2,(H,12,13). The Kier molecular flexibility index (Phi) is 3.48. The maximum absolute atomic E-state index is 10.5. The molecule has 1 aliphatic rings. The van der Waals surface area contributed by atoms with Gasteiger partial charge in [0.05, 0.1) is 6.10 Å². The molecule has 0 saturated heterocycles. The highest BCUT2D eigenvalue weighted by Crippen LogP contribution is 2.28. The van der Waals surface area contributed by atoms with Gasteiger partial charge in [-0.15, -0.1) is 0 Å². The Hall–Kier alpha value is -0.830. The Balaban J connectivity index is 2.42. The Bertz CT molecular complexity index is 210. The van der Waals surface area contributed by atoms with Crippen molar-refractivity contribution in [3.8, 4) is 0 Å². The van der Waals surface area contributed by atoms with Crippen molar-refractivity contribution in [1.82, 2.24) is 0 Å². The highest BCUT2D eigenvalue weighted by molar-refractivity contribution is 5.85. The zero-order chi connectivity index (χ0) is 9.84. The number of aliphatic carboxylic acids is 1. The van der Waals surface area contributed by atoms with E-state index in [1.165, 1.54) is 0 Å². The third-order valence-electron chi connectivity index (χ3n) is 2.68. The quantitative estimate of drug-likeness (QED) is 0.654. The van der Waals surface area contributed by atoms with Crippen LogP contribution >= 0.6 is 0 Å². The van der Waals surface area contributed by atoms with Gasteiger partial charge in [0.1, 0.15) is 0 Å². The maximum atomic E-state index is 10.5. The van der Waals surface area contributed by atoms with Gasteiger partial charge in [-0.05, 0) is 25.2 Å². The third kappa shape index (κ3) is 2.84. The molecule has 1 fully saturated rings. The minimum atomic E-state index is -0.947. The van der Waals surface area contributed by atoms with Crippen LogP contribution in [0.3, 0.4) is 0 Å². The number of rotatable bonds is 3. The lowest BCUT2D eigenvalue weighted by atomic mass is 9.82. The minimum absolute atomic E-state index is 0.109. The first-order chi connectivity index (χ1) is 6.11. The normalized spacial score (nSPS) is 28.4. The van der Waals surface area contributed by atoms with Crippen LogP contribution in [0, 0.1) is 5.92 Å². The molecule has 3 nitrogen and oxygen atoms in total. The molecule has 0 radical (unpaired) electrons. The van der Waals surface area contributed by atoms with Crippen molar-refractivity contribution in [2.75, 3.05) is 0 Å². The molecule has 0 aromatic carbocycles. The number of carbonyl (C=O) groups is 1. The lowest BCUT2D eigenvalue weighted by molar-refractivity contribution is -0.133. The molecule has 3 heteroatoms. The summed E-state index contributed by atoms with van der Waals surface area (Å²) in [5, 5.41) is 18.2. The van der Waals surface area contributed by atoms with Crippen molar-refractivity contribution >= 4 is 5.97 Å². The molecule has 2 atom stereocenters. The first-order valence-electron chi connectivity index (χ1n) is 4.70. The molecule has 2 N–H and O–H groups in total. The minimum Gasteiger partial charge on any atom is -0.478 e. The van der Waals surface area contributed by atoms with E-state index in [4.69, 9.17) is 5.11 Å². The summed E-state index contributed by atoms with van der Waals surface area (Å²) in [4.78, 5) is 10.5. The zero-order valence-electron chi connectivity index (χ0n) is 7.70. The van der Waals surface area contributed by atoms with Crippen molar-refractivity contribution in [3.05, 3.63) is 12.2 Å². The summed E-state index contributed by atoms with van der Waals surface area (Å²) in [5.41, 5.74) is 0.214. The number of aliphatic hydroxyl groups excluding tert-OH is 1. The van der Waals surface area contributed by atoms with Crippen LogP contribution < -0.4 is 0 Å². The molecule has 0 aromatic heterocycles. The molecular weight excluding hydrogens is 168 g/mol. The van der Waals surface area contributed by atoms with Gasteiger partial charge in [0.15, 0.2) is 0 Å². The van der Waals surface area contributed by atoms with Gasteiger partial charge >= 0.3 is 5.97 Å². The lowest BCUT2D eigenvalue weighted by Gasteiger charge is -2.27. The summed E-state index contributed by atoms with van der Waals surface area (Å²) < 4.78 is 0. The van der Waals surface area contributed by atoms with Gasteiger partial charge in [0.2, 0.25) is 0 Å². The number of aliphatic hydroxyl groups is 1. The molecule has 0 amide bonds. The topological polar surface area (TPSA) is 57.5 Å². The van der Waals surface area contributed by atoms with Crippen LogP contribution in [-0.2, 0) is 4.79 Å². The number of carboxylic acid groups (broad SMARTS) is 1. The van der Waals surface area contributed by atoms with Gasteiger partial charge in [0, 0.05) is 5.57 Å². The second kappa shape index (κ2) is 4.42. The van der Waals surface area contributed by atoms with Gasteiger partial charge in [-0.2, -0.15) is 0 Å². The van der Waals surface area contributed by atoms with Crippen LogP contribution in [0.15, 0.2) is 12.2 Å². The maximum Gasteiger partial charge on any atom is 0.330 e. The Labute approximate surface area is 78.1 Å². The summed E-state index contributed by atoms with van der Waals surface area (Å²) in [5.74, 6) is -0.838. The van der Waals surface area contributed by atoms with Crippen LogP contribution in [-0.4, -0.2) is 22.3 Å². The molecule has 0 bridgehead atoms. The van der Waals surface area contributed by atoms with Gasteiger partial charge in [-0.3, -0.25) is 0 Å². The van der Waals surface area contributed by atoms with E-state index in [0.29, 0.717) is 6.42 Å². The third-order valence-corrected chi connectivity index (χ3v) is 2.68. The molecule has 2 unspecified atom stereocenters. The largest absolute Gasteiger partial charge is 0.478 e. The molecule has 1 rings (SSSR count). The van der Waals surface area contributed by atoms with E-state index in [9.17, 15) is 9.90 Å². The molecule has 0 aliphatic heterocycles. The Morgan fingerprint density at radius 2 is 2.00 bits per heavy atom. The molecule has 1 saturated carbocycles. The highest BCUT2D eigenvalue weighted by Gasteiger charge is 2.24. The first-order valence-corrected chi connectivity index (χ1v) is 4.70. The second-order valence-electron chi connectivity index (χ2n) is 3.72. The lowest BCUT2D eigenvalue weighted by Crippen LogP contribution is -2.25. The molecular formula is C10H16O3. The van der Waals surface area contributed by atoms with E-state index in [2.05, 4.69) is 6.58 Å². The first kappa shape index (κ1) is 10.3. The average molecular weight is 184 g/mol. The SMILES string of the molecule is C=C(CC1CCCCC1O)C(=O)O. The van der Waals surface area contributed by atoms with Crippen LogP contribution in [0.1, 0.15) is 32.1 Å². The summed E-state index contributed by atoms with van der Waals surface area (Å²) in [6.45, 7) is 3.47. The van der Waals surface area contributed by atoms with Crippen molar-refractivity contribution in [2.24, 2.45) is 5.92 Å². The smallest absolute Gasteiger partial charge is 0.330 e. The molecule has 0 heterocycles. The number of carboxylic acids is 1. The number of hydrogen-bond acceptors (Lipinski definition) is 2. The molecule has 0 aromatic rings. The van der Waals surface area contributed by atoms with Crippen molar-refractivity contribution in [3.63, 3.8) is 0 Å². The van der Waals surface area contributed by atoms with Crippen molar-refractivity contribution < 1.29 is 15.0 Å². The van der Waals surface area contributed by atoms with Crippen LogP contribution in [0.2, 0.25) is 0 Å². The Morgan fingerprint density at radius 3 is 2.54 bits per heavy atom. The monoisotopic (exact) mass is 184 g/mol. The van der Waals surface area contributed by atoms with Crippen molar-refractivity contribution in [2.45, 2.75) is 38.2 Å². The molecule has 13 heavy (non-hydrogen) atoms. The van der Waals surface area contributed by atoms with Crippen LogP contribution in [0.4, 0.5) is 0 Å². The summed E-state index contributed by atoms with van der Waals surface area (Å²) in [7, 11) is 0. The van der Waals surface area contributed by atoms with Crippen molar-refractivity contribution in [1.29, 1.82) is 0 Å². The molecule has 74 valence electrons. The fourth-order valence-electron chi connectivity index (χ4n) is 1.83. The van der Waals surface area contributed by atoms with Gasteiger partial charge in [-0.25, -0.2) is 4.79 Å². The van der Waals surface area contributed by atoms with E-state index < -0.39 is 5.97 Å². The van der Waals surface area contributed by atoms with Gasteiger partial charge < -0.3 is 10.2 Å². The summed E-state index contributed by atoms with van der Waals surface area (Å²) in [6.07, 6.45) is 3.97. The molecule has 0 spiro atoms. The van der Waals surface area contributed by atoms with Crippen LogP contribution in [0.5, 0.6) is 0 Å². The number of hydrogen-bond donors (Lipinski definition) is 2. The van der Waals surface area contributed by atoms with Gasteiger partial charge in [0.25, 0.3) is 0 Å². The fourth-order valence-corrected chi connectivity index (χ4v) is 1.83. The second-order valence-corrected chi connectivity index (χ2v) is 3.72. The molecule has 1 aliphatic carbocycles. The van der Waals surface area contributed by atoms with E-state index in [-0.39, 0.29) is 17.6 Å². The zero-order valence-corrected chi connectivity index (χ0v) is 7.70. The van der Waals surface area contributed by atoms with E-state index in [1.54, 1.807) is 0 Å². The summed E-state index contributed by atoms with van der Waals surface area (Å²) >= 11 is 0. The average Bonchev–Trinajstić information content (AvgIpc) is 2.08. The Morgan fingerprint density at radius 1 is 1.38 bits per heavy atom. The van der Waals surface area contributed by atoms with E-state index >= 15 is 0 Å². The van der Waals surface area contributed by atoms with E-state index in [0.717, 1.165) is 25.7 Å². The van der Waals surface area contributed by atoms with Gasteiger partial charge in [-0.1, -0.05) is 19.4 Å². The van der Waals surface area contributed by atoms with E-state index in [1.807, 2.05) is 0 Å². The highest BCUT2D eigenvalue weighted by atomic mass is 16.4. The predicted octanol–water partition coefficient (Wildman–Crippen LogP) is 1.57. The predicted molar refractivity (Wildman–Crippen MR) is 49.4 cm³/mol. The fraction of sp³-hybridized carbons (Fsp3) is 0.700. The summed E-state index contributed by atoms with van der Waals surface area (Å²) in [6, 6.07) is 0.